The number of benzene rings is 1. The number of piperazine rings is 1. The van der Waals surface area contributed by atoms with Gasteiger partial charge in [0.05, 0.1) is 11.4 Å². The summed E-state index contributed by atoms with van der Waals surface area (Å²) in [5.74, 6) is 0.598. The lowest BCUT2D eigenvalue weighted by Gasteiger charge is -2.37. The lowest BCUT2D eigenvalue weighted by molar-refractivity contribution is 0.405. The summed E-state index contributed by atoms with van der Waals surface area (Å²) in [4.78, 5) is 11.3. The third-order valence-electron chi connectivity index (χ3n) is 4.99. The molecule has 2 atom stereocenters. The zero-order valence-electron chi connectivity index (χ0n) is 15.6. The van der Waals surface area contributed by atoms with Crippen molar-refractivity contribution in [1.82, 2.24) is 15.3 Å². The molecule has 1 fully saturated rings. The van der Waals surface area contributed by atoms with E-state index in [2.05, 4.69) is 29.0 Å². The van der Waals surface area contributed by atoms with E-state index in [0.717, 1.165) is 24.3 Å². The number of nitrogens with two attached hydrogens (primary N) is 1. The summed E-state index contributed by atoms with van der Waals surface area (Å²) in [6, 6.07) is 11.9. The second-order valence-corrected chi connectivity index (χ2v) is 7.28. The van der Waals surface area contributed by atoms with E-state index in [-0.39, 0.29) is 12.4 Å². The highest BCUT2D eigenvalue weighted by molar-refractivity contribution is 5.87. The second-order valence-electron chi connectivity index (χ2n) is 7.28. The Labute approximate surface area is 158 Å². The molecule has 27 heavy (non-hydrogen) atoms. The van der Waals surface area contributed by atoms with Crippen LogP contribution < -0.4 is 16.0 Å². The predicted molar refractivity (Wildman–Crippen MR) is 107 cm³/mol. The van der Waals surface area contributed by atoms with Crippen LogP contribution in [0.2, 0.25) is 0 Å². The number of halogens is 1. The highest BCUT2D eigenvalue weighted by Gasteiger charge is 2.22. The average Bonchev–Trinajstić information content (AvgIpc) is 2.67. The zero-order chi connectivity index (χ0) is 19.0. The summed E-state index contributed by atoms with van der Waals surface area (Å²) < 4.78 is 15.2. The van der Waals surface area contributed by atoms with Crippen LogP contribution in [-0.2, 0) is 6.54 Å². The number of fused-ring (bicyclic) bond motifs is 1. The maximum absolute atomic E-state index is 15.2. The van der Waals surface area contributed by atoms with E-state index in [1.807, 2.05) is 24.3 Å². The minimum Gasteiger partial charge on any atom is -0.353 e. The number of rotatable bonds is 3. The summed E-state index contributed by atoms with van der Waals surface area (Å²) >= 11 is 0. The van der Waals surface area contributed by atoms with Crippen LogP contribution in [0.1, 0.15) is 19.5 Å². The Morgan fingerprint density at radius 1 is 1.19 bits per heavy atom. The van der Waals surface area contributed by atoms with Crippen molar-refractivity contribution >= 4 is 16.6 Å². The first-order valence-corrected chi connectivity index (χ1v) is 9.31. The molecule has 0 bridgehead atoms. The number of anilines is 1. The standard InChI is InChI=1S/C21H24FN5/c1-13-11-27(12-14(2)25-13)20-5-3-4-19(26-20)17-7-6-15-10-24-16(9-23)8-18(15)21(17)22/h3-8,10,13-14,25H,9,11-12,23H2,1-2H3/t13-,14+. The average molecular weight is 365 g/mol. The quantitative estimate of drug-likeness (QED) is 0.747. The number of nitrogens with one attached hydrogen (secondary N) is 1. The topological polar surface area (TPSA) is 67.1 Å². The summed E-state index contributed by atoms with van der Waals surface area (Å²) in [5.41, 5.74) is 7.46. The molecule has 3 aromatic rings. The molecule has 1 aromatic carbocycles. The van der Waals surface area contributed by atoms with Crippen molar-refractivity contribution in [3.63, 3.8) is 0 Å². The third-order valence-corrected chi connectivity index (χ3v) is 4.99. The first kappa shape index (κ1) is 17.8. The molecule has 5 nitrogen and oxygen atoms in total. The van der Waals surface area contributed by atoms with Gasteiger partial charge in [0.15, 0.2) is 0 Å². The number of nitrogens with zero attached hydrogens (tertiary/aromatic N) is 3. The molecule has 1 aliphatic heterocycles. The Morgan fingerprint density at radius 2 is 1.96 bits per heavy atom. The van der Waals surface area contributed by atoms with Crippen molar-refractivity contribution in [3.05, 3.63) is 54.1 Å². The molecule has 0 unspecified atom stereocenters. The van der Waals surface area contributed by atoms with Crippen molar-refractivity contribution in [2.75, 3.05) is 18.0 Å². The molecule has 0 spiro atoms. The van der Waals surface area contributed by atoms with E-state index < -0.39 is 0 Å². The largest absolute Gasteiger partial charge is 0.353 e. The van der Waals surface area contributed by atoms with Crippen LogP contribution in [0.3, 0.4) is 0 Å². The van der Waals surface area contributed by atoms with E-state index in [4.69, 9.17) is 10.7 Å². The number of hydrogen-bond donors (Lipinski definition) is 2. The number of aromatic nitrogens is 2. The Hall–Kier alpha value is -2.57. The van der Waals surface area contributed by atoms with Gasteiger partial charge in [0.25, 0.3) is 0 Å². The molecule has 140 valence electrons. The van der Waals surface area contributed by atoms with E-state index in [1.165, 1.54) is 0 Å². The van der Waals surface area contributed by atoms with E-state index in [1.54, 1.807) is 18.3 Å². The first-order valence-electron chi connectivity index (χ1n) is 9.31. The SMILES string of the molecule is C[C@@H]1CN(c2cccc(-c3ccc4cnc(CN)cc4c3F)n2)C[C@H](C)N1. The summed E-state index contributed by atoms with van der Waals surface area (Å²) in [6.45, 7) is 6.38. The van der Waals surface area contributed by atoms with Crippen molar-refractivity contribution in [3.8, 4) is 11.3 Å². The Morgan fingerprint density at radius 3 is 2.70 bits per heavy atom. The third kappa shape index (κ3) is 3.50. The molecule has 3 heterocycles. The van der Waals surface area contributed by atoms with Gasteiger partial charge in [-0.1, -0.05) is 12.1 Å². The van der Waals surface area contributed by atoms with Crippen molar-refractivity contribution in [2.45, 2.75) is 32.5 Å². The molecule has 1 saturated heterocycles. The minimum absolute atomic E-state index is 0.281. The smallest absolute Gasteiger partial charge is 0.140 e. The Kier molecular flexibility index (Phi) is 4.76. The predicted octanol–water partition coefficient (Wildman–Crippen LogP) is 3.08. The first-order chi connectivity index (χ1) is 13.0. The molecule has 0 aliphatic carbocycles. The van der Waals surface area contributed by atoms with Crippen molar-refractivity contribution < 1.29 is 4.39 Å². The maximum atomic E-state index is 15.2. The molecule has 6 heteroatoms. The number of hydrogen-bond acceptors (Lipinski definition) is 5. The van der Waals surface area contributed by atoms with Gasteiger partial charge in [0, 0.05) is 54.3 Å². The van der Waals surface area contributed by atoms with Crippen molar-refractivity contribution in [2.24, 2.45) is 5.73 Å². The van der Waals surface area contributed by atoms with Gasteiger partial charge >= 0.3 is 0 Å². The molecule has 1 aliphatic rings. The molecule has 2 aromatic heterocycles. The molecule has 4 rings (SSSR count). The molecule has 3 N–H and O–H groups in total. The molecular formula is C21H24FN5. The van der Waals surface area contributed by atoms with Gasteiger partial charge < -0.3 is 16.0 Å². The molecule has 0 amide bonds. The van der Waals surface area contributed by atoms with E-state index >= 15 is 4.39 Å². The monoisotopic (exact) mass is 365 g/mol. The van der Waals surface area contributed by atoms with Gasteiger partial charge in [-0.2, -0.15) is 0 Å². The zero-order valence-corrected chi connectivity index (χ0v) is 15.6. The van der Waals surface area contributed by atoms with Crippen LogP contribution in [0, 0.1) is 5.82 Å². The second kappa shape index (κ2) is 7.21. The van der Waals surface area contributed by atoms with Crippen LogP contribution in [0.5, 0.6) is 0 Å². The number of pyridine rings is 2. The van der Waals surface area contributed by atoms with Gasteiger partial charge in [-0.3, -0.25) is 4.98 Å². The van der Waals surface area contributed by atoms with Crippen LogP contribution in [-0.4, -0.2) is 35.1 Å². The van der Waals surface area contributed by atoms with E-state index in [9.17, 15) is 0 Å². The molecular weight excluding hydrogens is 341 g/mol. The highest BCUT2D eigenvalue weighted by atomic mass is 19.1. The summed E-state index contributed by atoms with van der Waals surface area (Å²) in [6.07, 6.45) is 1.66. The van der Waals surface area contributed by atoms with Crippen LogP contribution in [0.15, 0.2) is 42.6 Å². The summed E-state index contributed by atoms with van der Waals surface area (Å²) in [5, 5.41) is 4.81. The van der Waals surface area contributed by atoms with Crippen LogP contribution in [0.4, 0.5) is 10.2 Å². The Balaban J connectivity index is 1.74. The van der Waals surface area contributed by atoms with Gasteiger partial charge in [-0.15, -0.1) is 0 Å². The lowest BCUT2D eigenvalue weighted by Crippen LogP contribution is -2.54. The normalized spacial score (nSPS) is 20.2. The van der Waals surface area contributed by atoms with Gasteiger partial charge in [-0.05, 0) is 38.1 Å². The van der Waals surface area contributed by atoms with Gasteiger partial charge in [0.1, 0.15) is 11.6 Å². The minimum atomic E-state index is -0.281. The van der Waals surface area contributed by atoms with E-state index in [0.29, 0.717) is 34.4 Å². The van der Waals surface area contributed by atoms with Crippen LogP contribution in [0.25, 0.3) is 22.0 Å². The fourth-order valence-corrected chi connectivity index (χ4v) is 3.80. The molecule has 0 saturated carbocycles. The highest BCUT2D eigenvalue weighted by Crippen LogP contribution is 2.29. The molecule has 0 radical (unpaired) electrons. The van der Waals surface area contributed by atoms with Gasteiger partial charge in [-0.25, -0.2) is 9.37 Å². The fourth-order valence-electron chi connectivity index (χ4n) is 3.80. The Bertz CT molecular complexity index is 964. The lowest BCUT2D eigenvalue weighted by atomic mass is 10.0. The maximum Gasteiger partial charge on any atom is 0.140 e. The van der Waals surface area contributed by atoms with Crippen molar-refractivity contribution in [1.29, 1.82) is 0 Å². The van der Waals surface area contributed by atoms with Gasteiger partial charge in [0.2, 0.25) is 0 Å². The summed E-state index contributed by atoms with van der Waals surface area (Å²) in [7, 11) is 0. The van der Waals surface area contributed by atoms with Crippen LogP contribution >= 0.6 is 0 Å². The fraction of sp³-hybridized carbons (Fsp3) is 0.333.